The van der Waals surface area contributed by atoms with Gasteiger partial charge in [0.05, 0.1) is 6.61 Å². The first kappa shape index (κ1) is 10.5. The van der Waals surface area contributed by atoms with Crippen LogP contribution in [0.5, 0.6) is 5.88 Å². The van der Waals surface area contributed by atoms with Gasteiger partial charge in [-0.25, -0.2) is 4.98 Å². The minimum atomic E-state index is 0.459. The quantitative estimate of drug-likeness (QED) is 0.685. The highest BCUT2D eigenvalue weighted by Crippen LogP contribution is 2.17. The number of aryl methyl sites for hydroxylation is 1. The highest BCUT2D eigenvalue weighted by molar-refractivity contribution is 5.43. The molecule has 0 atom stereocenters. The predicted molar refractivity (Wildman–Crippen MR) is 54.1 cm³/mol. The predicted octanol–water partition coefficient (Wildman–Crippen LogP) is 2.44. The fraction of sp³-hybridized carbons (Fsp3) is 0.455. The smallest absolute Gasteiger partial charge is 0.231 e. The first-order valence-electron chi connectivity index (χ1n) is 4.78. The molecule has 1 aromatic heterocycles. The number of nitriles is 1. The maximum atomic E-state index is 8.89. The molecule has 1 heterocycles. The fourth-order valence-electron chi connectivity index (χ4n) is 1.09. The number of hydrogen-bond acceptors (Lipinski definition) is 3. The van der Waals surface area contributed by atoms with E-state index in [0.29, 0.717) is 18.1 Å². The van der Waals surface area contributed by atoms with Gasteiger partial charge in [-0.2, -0.15) is 5.26 Å². The van der Waals surface area contributed by atoms with E-state index in [1.807, 2.05) is 13.0 Å². The molecule has 0 spiro atoms. The van der Waals surface area contributed by atoms with Crippen LogP contribution in [0, 0.1) is 18.3 Å². The van der Waals surface area contributed by atoms with E-state index in [2.05, 4.69) is 18.0 Å². The summed E-state index contributed by atoms with van der Waals surface area (Å²) < 4.78 is 5.42. The second-order valence-electron chi connectivity index (χ2n) is 3.12. The first-order valence-corrected chi connectivity index (χ1v) is 4.78. The van der Waals surface area contributed by atoms with Crippen molar-refractivity contribution in [3.63, 3.8) is 0 Å². The van der Waals surface area contributed by atoms with Crippen molar-refractivity contribution in [3.05, 3.63) is 23.4 Å². The maximum Gasteiger partial charge on any atom is 0.231 e. The Kier molecular flexibility index (Phi) is 3.93. The molecular weight excluding hydrogens is 176 g/mol. The average molecular weight is 190 g/mol. The highest BCUT2D eigenvalue weighted by atomic mass is 16.5. The Bertz CT molecular complexity index is 342. The summed E-state index contributed by atoms with van der Waals surface area (Å²) in [7, 11) is 0. The van der Waals surface area contributed by atoms with Crippen LogP contribution in [0.2, 0.25) is 0 Å². The van der Waals surface area contributed by atoms with Crippen LogP contribution in [0.4, 0.5) is 0 Å². The molecular formula is C11H14N2O. The van der Waals surface area contributed by atoms with E-state index in [-0.39, 0.29) is 0 Å². The zero-order valence-corrected chi connectivity index (χ0v) is 8.58. The van der Waals surface area contributed by atoms with E-state index in [9.17, 15) is 0 Å². The Morgan fingerprint density at radius 2 is 2.36 bits per heavy atom. The molecule has 0 saturated carbocycles. The molecule has 1 rings (SSSR count). The highest BCUT2D eigenvalue weighted by Gasteiger charge is 2.06. The molecule has 0 bridgehead atoms. The van der Waals surface area contributed by atoms with E-state index in [1.165, 1.54) is 0 Å². The molecule has 0 aliphatic rings. The lowest BCUT2D eigenvalue weighted by Gasteiger charge is -2.06. The lowest BCUT2D eigenvalue weighted by Crippen LogP contribution is -2.01. The van der Waals surface area contributed by atoms with Gasteiger partial charge in [0, 0.05) is 6.20 Å². The minimum absolute atomic E-state index is 0.459. The van der Waals surface area contributed by atoms with Crippen molar-refractivity contribution in [2.24, 2.45) is 0 Å². The van der Waals surface area contributed by atoms with E-state index >= 15 is 0 Å². The first-order chi connectivity index (χ1) is 6.79. The number of pyridine rings is 1. The summed E-state index contributed by atoms with van der Waals surface area (Å²) in [6, 6.07) is 3.91. The molecule has 0 saturated heterocycles. The van der Waals surface area contributed by atoms with Crippen LogP contribution < -0.4 is 4.74 Å². The molecule has 0 aromatic carbocycles. The summed E-state index contributed by atoms with van der Waals surface area (Å²) in [5.41, 5.74) is 1.46. The van der Waals surface area contributed by atoms with E-state index < -0.39 is 0 Å². The Balaban J connectivity index is 2.76. The van der Waals surface area contributed by atoms with Gasteiger partial charge < -0.3 is 4.74 Å². The Morgan fingerprint density at radius 1 is 1.57 bits per heavy atom. The number of hydrogen-bond donors (Lipinski definition) is 0. The molecule has 74 valence electrons. The number of ether oxygens (including phenoxy) is 1. The van der Waals surface area contributed by atoms with Crippen molar-refractivity contribution < 1.29 is 4.74 Å². The van der Waals surface area contributed by atoms with Crippen LogP contribution in [0.1, 0.15) is 30.9 Å². The van der Waals surface area contributed by atoms with Crippen molar-refractivity contribution in [3.8, 4) is 11.9 Å². The molecule has 0 aliphatic heterocycles. The molecule has 3 nitrogen and oxygen atoms in total. The van der Waals surface area contributed by atoms with Gasteiger partial charge in [0.25, 0.3) is 0 Å². The normalized spacial score (nSPS) is 9.50. The molecule has 14 heavy (non-hydrogen) atoms. The summed E-state index contributed by atoms with van der Waals surface area (Å²) >= 11 is 0. The van der Waals surface area contributed by atoms with Crippen molar-refractivity contribution in [1.82, 2.24) is 4.98 Å². The zero-order valence-electron chi connectivity index (χ0n) is 8.58. The lowest BCUT2D eigenvalue weighted by atomic mass is 10.2. The van der Waals surface area contributed by atoms with Gasteiger partial charge in [-0.15, -0.1) is 0 Å². The molecule has 3 heteroatoms. The van der Waals surface area contributed by atoms with Crippen LogP contribution in [0.3, 0.4) is 0 Å². The van der Waals surface area contributed by atoms with Gasteiger partial charge in [0.2, 0.25) is 5.88 Å². The Hall–Kier alpha value is -1.56. The van der Waals surface area contributed by atoms with E-state index in [1.54, 1.807) is 6.20 Å². The molecule has 0 aliphatic carbocycles. The summed E-state index contributed by atoms with van der Waals surface area (Å²) in [4.78, 5) is 4.04. The van der Waals surface area contributed by atoms with E-state index in [4.69, 9.17) is 10.00 Å². The average Bonchev–Trinajstić information content (AvgIpc) is 2.18. The number of nitrogens with zero attached hydrogens (tertiary/aromatic N) is 2. The number of unbranched alkanes of at least 4 members (excludes halogenated alkanes) is 1. The second kappa shape index (κ2) is 5.23. The Morgan fingerprint density at radius 3 is 3.00 bits per heavy atom. The van der Waals surface area contributed by atoms with Crippen molar-refractivity contribution in [2.45, 2.75) is 26.7 Å². The largest absolute Gasteiger partial charge is 0.477 e. The van der Waals surface area contributed by atoms with Crippen molar-refractivity contribution >= 4 is 0 Å². The van der Waals surface area contributed by atoms with Crippen LogP contribution in [0.25, 0.3) is 0 Å². The van der Waals surface area contributed by atoms with Gasteiger partial charge >= 0.3 is 0 Å². The Labute approximate surface area is 84.3 Å². The van der Waals surface area contributed by atoms with Crippen LogP contribution in [-0.2, 0) is 0 Å². The van der Waals surface area contributed by atoms with Gasteiger partial charge in [-0.05, 0) is 25.0 Å². The monoisotopic (exact) mass is 190 g/mol. The molecule has 0 N–H and O–H groups in total. The lowest BCUT2D eigenvalue weighted by molar-refractivity contribution is 0.296. The topological polar surface area (TPSA) is 45.9 Å². The summed E-state index contributed by atoms with van der Waals surface area (Å²) in [6.07, 6.45) is 3.73. The number of aromatic nitrogens is 1. The van der Waals surface area contributed by atoms with Crippen molar-refractivity contribution in [1.29, 1.82) is 5.26 Å². The SMILES string of the molecule is CCCCOc1nccc(C)c1C#N. The molecule has 0 amide bonds. The summed E-state index contributed by atoms with van der Waals surface area (Å²) in [5.74, 6) is 0.459. The maximum absolute atomic E-state index is 8.89. The van der Waals surface area contributed by atoms with E-state index in [0.717, 1.165) is 18.4 Å². The van der Waals surface area contributed by atoms with Gasteiger partial charge in [0.15, 0.2) is 0 Å². The molecule has 0 unspecified atom stereocenters. The molecule has 0 fully saturated rings. The zero-order chi connectivity index (χ0) is 10.4. The minimum Gasteiger partial charge on any atom is -0.477 e. The third kappa shape index (κ3) is 2.46. The fourth-order valence-corrected chi connectivity index (χ4v) is 1.09. The standard InChI is InChI=1S/C11H14N2O/c1-3-4-7-14-11-10(8-12)9(2)5-6-13-11/h5-6H,3-4,7H2,1-2H3. The molecule has 1 aromatic rings. The third-order valence-corrected chi connectivity index (χ3v) is 1.97. The van der Waals surface area contributed by atoms with Crippen LogP contribution in [0.15, 0.2) is 12.3 Å². The van der Waals surface area contributed by atoms with Crippen molar-refractivity contribution in [2.75, 3.05) is 6.61 Å². The van der Waals surface area contributed by atoms with Gasteiger partial charge in [0.1, 0.15) is 11.6 Å². The third-order valence-electron chi connectivity index (χ3n) is 1.97. The van der Waals surface area contributed by atoms with Crippen LogP contribution in [-0.4, -0.2) is 11.6 Å². The van der Waals surface area contributed by atoms with Crippen LogP contribution >= 0.6 is 0 Å². The van der Waals surface area contributed by atoms with Gasteiger partial charge in [-0.3, -0.25) is 0 Å². The molecule has 0 radical (unpaired) electrons. The summed E-state index contributed by atoms with van der Waals surface area (Å²) in [5, 5.41) is 8.89. The second-order valence-corrected chi connectivity index (χ2v) is 3.12. The summed E-state index contributed by atoms with van der Waals surface area (Å²) in [6.45, 7) is 4.60. The number of rotatable bonds is 4. The van der Waals surface area contributed by atoms with Gasteiger partial charge in [-0.1, -0.05) is 13.3 Å².